The molecule has 2 fully saturated rings. The van der Waals surface area contributed by atoms with E-state index in [4.69, 9.17) is 16.3 Å². The fourth-order valence-corrected chi connectivity index (χ4v) is 6.66. The van der Waals surface area contributed by atoms with Gasteiger partial charge in [0.2, 0.25) is 0 Å². The molecule has 1 aromatic heterocycles. The van der Waals surface area contributed by atoms with E-state index < -0.39 is 0 Å². The fraction of sp³-hybridized carbons (Fsp3) is 0.467. The molecule has 36 heavy (non-hydrogen) atoms. The molecule has 2 saturated heterocycles. The molecule has 3 heterocycles. The van der Waals surface area contributed by atoms with Gasteiger partial charge in [0.05, 0.1) is 12.6 Å². The quantitative estimate of drug-likeness (QED) is 0.304. The minimum atomic E-state index is 0.0768. The van der Waals surface area contributed by atoms with Crippen LogP contribution in [0.4, 0.5) is 0 Å². The maximum Gasteiger partial charge on any atom is 0.163 e. The van der Waals surface area contributed by atoms with Crippen molar-refractivity contribution in [1.82, 2.24) is 9.47 Å². The lowest BCUT2D eigenvalue weighted by Gasteiger charge is -2.40. The van der Waals surface area contributed by atoms with Gasteiger partial charge in [-0.3, -0.25) is 14.5 Å². The number of aromatic nitrogens is 1. The Hall–Kier alpha value is -2.63. The molecule has 0 aliphatic carbocycles. The molecule has 3 unspecified atom stereocenters. The van der Waals surface area contributed by atoms with E-state index in [0.717, 1.165) is 53.7 Å². The van der Waals surface area contributed by atoms with E-state index in [2.05, 4.69) is 16.4 Å². The third-order valence-corrected chi connectivity index (χ3v) is 8.37. The molecule has 2 aliphatic heterocycles. The van der Waals surface area contributed by atoms with Crippen LogP contribution in [0.25, 0.3) is 10.9 Å². The van der Waals surface area contributed by atoms with Crippen LogP contribution in [-0.4, -0.2) is 46.8 Å². The monoisotopic (exact) mass is 506 g/mol. The second kappa shape index (κ2) is 10.4. The van der Waals surface area contributed by atoms with E-state index in [-0.39, 0.29) is 11.6 Å². The van der Waals surface area contributed by atoms with Crippen molar-refractivity contribution in [3.63, 3.8) is 0 Å². The van der Waals surface area contributed by atoms with Crippen LogP contribution in [0.3, 0.4) is 0 Å². The van der Waals surface area contributed by atoms with Crippen molar-refractivity contribution in [2.24, 2.45) is 11.8 Å². The molecule has 190 valence electrons. The smallest absolute Gasteiger partial charge is 0.163 e. The first kappa shape index (κ1) is 25.0. The average molecular weight is 507 g/mol. The maximum absolute atomic E-state index is 12.8. The number of carbonyl (C=O) groups excluding carboxylic acids is 2. The highest BCUT2D eigenvalue weighted by Crippen LogP contribution is 2.41. The molecule has 2 aromatic carbocycles. The minimum Gasteiger partial charge on any atom is -0.495 e. The lowest BCUT2D eigenvalue weighted by atomic mass is 9.85. The molecule has 2 bridgehead atoms. The van der Waals surface area contributed by atoms with Gasteiger partial charge in [0.25, 0.3) is 0 Å². The van der Waals surface area contributed by atoms with Crippen LogP contribution in [-0.2, 0) is 6.54 Å². The number of halogens is 1. The Morgan fingerprint density at radius 2 is 1.75 bits per heavy atom. The van der Waals surface area contributed by atoms with Gasteiger partial charge in [-0.2, -0.15) is 0 Å². The second-order valence-electron chi connectivity index (χ2n) is 10.8. The summed E-state index contributed by atoms with van der Waals surface area (Å²) >= 11 is 5.98. The van der Waals surface area contributed by atoms with Crippen molar-refractivity contribution < 1.29 is 14.3 Å². The molecule has 0 amide bonds. The summed E-state index contributed by atoms with van der Waals surface area (Å²) in [4.78, 5) is 27.8. The molecular weight excluding hydrogens is 472 g/mol. The Balaban J connectivity index is 1.24. The summed E-state index contributed by atoms with van der Waals surface area (Å²) in [5.74, 6) is 1.98. The van der Waals surface area contributed by atoms with Crippen molar-refractivity contribution >= 4 is 34.1 Å². The van der Waals surface area contributed by atoms with Gasteiger partial charge in [-0.05, 0) is 74.8 Å². The number of piperidine rings is 1. The third-order valence-electron chi connectivity index (χ3n) is 8.11. The van der Waals surface area contributed by atoms with Crippen molar-refractivity contribution in [3.05, 3.63) is 64.8 Å². The molecular formula is C30H35ClN2O3. The summed E-state index contributed by atoms with van der Waals surface area (Å²) < 4.78 is 7.84. The van der Waals surface area contributed by atoms with Crippen LogP contribution in [0, 0.1) is 11.8 Å². The van der Waals surface area contributed by atoms with Crippen LogP contribution in [0.2, 0.25) is 5.02 Å². The molecule has 0 radical (unpaired) electrons. The maximum atomic E-state index is 12.8. The summed E-state index contributed by atoms with van der Waals surface area (Å²) in [6.45, 7) is 5.78. The topological polar surface area (TPSA) is 51.5 Å². The number of methoxy groups -OCH3 is 1. The molecule has 5 nitrogen and oxygen atoms in total. The normalized spacial score (nSPS) is 22.6. The van der Waals surface area contributed by atoms with E-state index in [9.17, 15) is 9.59 Å². The number of hydrogen-bond donors (Lipinski definition) is 0. The van der Waals surface area contributed by atoms with E-state index in [1.165, 1.54) is 12.8 Å². The van der Waals surface area contributed by atoms with Gasteiger partial charge >= 0.3 is 0 Å². The lowest BCUT2D eigenvalue weighted by molar-refractivity contribution is 0.0736. The second-order valence-corrected chi connectivity index (χ2v) is 11.2. The first-order valence-electron chi connectivity index (χ1n) is 13.0. The predicted molar refractivity (Wildman–Crippen MR) is 144 cm³/mol. The number of Topliss-reactive ketones (excluding diaryl/α,β-unsaturated/α-hetero) is 2. The zero-order valence-corrected chi connectivity index (χ0v) is 22.1. The van der Waals surface area contributed by atoms with Gasteiger partial charge in [-0.1, -0.05) is 30.7 Å². The Morgan fingerprint density at radius 1 is 1.06 bits per heavy atom. The zero-order valence-electron chi connectivity index (χ0n) is 21.4. The Bertz CT molecular complexity index is 1250. The van der Waals surface area contributed by atoms with E-state index >= 15 is 0 Å². The van der Waals surface area contributed by atoms with Gasteiger partial charge in [0.1, 0.15) is 5.75 Å². The summed E-state index contributed by atoms with van der Waals surface area (Å²) in [5, 5.41) is 1.62. The number of nitrogens with zero attached hydrogens (tertiary/aromatic N) is 2. The first-order chi connectivity index (χ1) is 17.3. The molecule has 5 rings (SSSR count). The van der Waals surface area contributed by atoms with Gasteiger partial charge < -0.3 is 9.30 Å². The van der Waals surface area contributed by atoms with Crippen LogP contribution in [0.1, 0.15) is 66.7 Å². The van der Waals surface area contributed by atoms with E-state index in [0.29, 0.717) is 35.4 Å². The molecule has 0 spiro atoms. The first-order valence-corrected chi connectivity index (χ1v) is 13.4. The zero-order chi connectivity index (χ0) is 25.4. The number of rotatable bonds is 9. The van der Waals surface area contributed by atoms with Gasteiger partial charge in [0.15, 0.2) is 11.6 Å². The lowest BCUT2D eigenvalue weighted by Crippen LogP contribution is -2.45. The Kier molecular flexibility index (Phi) is 7.23. The number of ether oxygens (including phenoxy) is 1. The number of ketones is 2. The Labute approximate surface area is 218 Å². The summed E-state index contributed by atoms with van der Waals surface area (Å²) in [5.41, 5.74) is 2.52. The van der Waals surface area contributed by atoms with Crippen LogP contribution < -0.4 is 4.74 Å². The Morgan fingerprint density at radius 3 is 2.39 bits per heavy atom. The molecule has 6 heteroatoms. The van der Waals surface area contributed by atoms with Crippen molar-refractivity contribution in [3.8, 4) is 5.75 Å². The van der Waals surface area contributed by atoms with E-state index in [1.54, 1.807) is 26.2 Å². The standard InChI is InChI=1S/C30H35ClN2O3/c1-19(16-32-18-27(20(2)34)26-5-4-6-29(36-3)30(26)32)17-33-24-11-12-25(33)14-21(13-24)15-28(35)22-7-9-23(31)10-8-22/h4-10,18-19,21,24-25H,11-17H2,1-3H3. The third kappa shape index (κ3) is 4.96. The minimum absolute atomic E-state index is 0.0768. The fourth-order valence-electron chi connectivity index (χ4n) is 6.54. The largest absolute Gasteiger partial charge is 0.495 e. The SMILES string of the molecule is COc1cccc2c(C(C)=O)cn(CC(C)CN3C4CCC3CC(CC(=O)c3ccc(Cl)cc3)C4)c12. The van der Waals surface area contributed by atoms with Crippen LogP contribution >= 0.6 is 11.6 Å². The van der Waals surface area contributed by atoms with Crippen LogP contribution in [0.5, 0.6) is 5.75 Å². The predicted octanol–water partition coefficient (Wildman–Crippen LogP) is 6.66. The van der Waals surface area contributed by atoms with Gasteiger partial charge in [-0.15, -0.1) is 0 Å². The number of hydrogen-bond acceptors (Lipinski definition) is 4. The molecule has 3 atom stereocenters. The van der Waals surface area contributed by atoms with E-state index in [1.807, 2.05) is 36.5 Å². The highest BCUT2D eigenvalue weighted by atomic mass is 35.5. The molecule has 3 aromatic rings. The van der Waals surface area contributed by atoms with Crippen molar-refractivity contribution in [1.29, 1.82) is 0 Å². The number of benzene rings is 2. The van der Waals surface area contributed by atoms with Crippen LogP contribution in [0.15, 0.2) is 48.7 Å². The van der Waals surface area contributed by atoms with Crippen molar-refractivity contribution in [2.45, 2.75) is 64.6 Å². The number of carbonyl (C=O) groups is 2. The molecule has 0 saturated carbocycles. The van der Waals surface area contributed by atoms with Gasteiger partial charge in [0, 0.05) is 59.3 Å². The van der Waals surface area contributed by atoms with Crippen molar-refractivity contribution in [2.75, 3.05) is 13.7 Å². The average Bonchev–Trinajstić information content (AvgIpc) is 3.32. The number of fused-ring (bicyclic) bond motifs is 3. The molecule has 2 aliphatic rings. The highest BCUT2D eigenvalue weighted by molar-refractivity contribution is 6.30. The highest BCUT2D eigenvalue weighted by Gasteiger charge is 2.41. The summed E-state index contributed by atoms with van der Waals surface area (Å²) in [6, 6.07) is 14.3. The summed E-state index contributed by atoms with van der Waals surface area (Å²) in [7, 11) is 1.68. The molecule has 0 N–H and O–H groups in total. The summed E-state index contributed by atoms with van der Waals surface area (Å²) in [6.07, 6.45) is 7.25. The number of para-hydroxylation sites is 1. The van der Waals surface area contributed by atoms with Gasteiger partial charge in [-0.25, -0.2) is 0 Å².